The Morgan fingerprint density at radius 1 is 1.06 bits per heavy atom. The van der Waals surface area contributed by atoms with E-state index >= 15 is 0 Å². The molecule has 0 aromatic carbocycles. The lowest BCUT2D eigenvalue weighted by Crippen LogP contribution is -2.17. The molecule has 0 atom stereocenters. The molecule has 0 unspecified atom stereocenters. The first-order valence-electron chi connectivity index (χ1n) is 3.82. The SMILES string of the molecule is O=[N+]([O-])c1cc(C(F)(F)F)c(C(F)(F)F)cn1. The number of hydrogen-bond donors (Lipinski definition) is 0. The summed E-state index contributed by atoms with van der Waals surface area (Å²) in [4.78, 5) is 11.5. The van der Waals surface area contributed by atoms with Crippen LogP contribution in [0.4, 0.5) is 32.2 Å². The second kappa shape index (κ2) is 3.86. The summed E-state index contributed by atoms with van der Waals surface area (Å²) in [6.45, 7) is 0. The van der Waals surface area contributed by atoms with Crippen molar-refractivity contribution in [3.05, 3.63) is 33.5 Å². The molecule has 1 rings (SSSR count). The van der Waals surface area contributed by atoms with Gasteiger partial charge in [-0.25, -0.2) is 0 Å². The van der Waals surface area contributed by atoms with Gasteiger partial charge in [-0.3, -0.25) is 0 Å². The lowest BCUT2D eigenvalue weighted by atomic mass is 10.1. The number of aromatic nitrogens is 1. The molecule has 10 heteroatoms. The molecule has 0 saturated heterocycles. The Hall–Kier alpha value is -1.87. The Morgan fingerprint density at radius 2 is 1.53 bits per heavy atom. The molecule has 4 nitrogen and oxygen atoms in total. The molecule has 0 aliphatic carbocycles. The molecule has 0 aliphatic heterocycles. The van der Waals surface area contributed by atoms with E-state index in [1.54, 1.807) is 0 Å². The topological polar surface area (TPSA) is 56.0 Å². The number of hydrogen-bond acceptors (Lipinski definition) is 3. The highest BCUT2D eigenvalue weighted by Gasteiger charge is 2.45. The molecule has 0 radical (unpaired) electrons. The summed E-state index contributed by atoms with van der Waals surface area (Å²) in [6, 6.07) is -0.247. The summed E-state index contributed by atoms with van der Waals surface area (Å²) in [7, 11) is 0. The van der Waals surface area contributed by atoms with E-state index in [1.807, 2.05) is 0 Å². The zero-order valence-electron chi connectivity index (χ0n) is 7.63. The van der Waals surface area contributed by atoms with Crippen LogP contribution in [0, 0.1) is 10.1 Å². The van der Waals surface area contributed by atoms with Crippen LogP contribution in [0.1, 0.15) is 11.1 Å². The molecule has 94 valence electrons. The number of rotatable bonds is 1. The third-order valence-electron chi connectivity index (χ3n) is 1.69. The Bertz CT molecular complexity index is 453. The van der Waals surface area contributed by atoms with Crippen LogP contribution >= 0.6 is 0 Å². The van der Waals surface area contributed by atoms with Gasteiger partial charge in [0.25, 0.3) is 0 Å². The predicted octanol–water partition coefficient (Wildman–Crippen LogP) is 3.03. The molecule has 1 aromatic rings. The van der Waals surface area contributed by atoms with Gasteiger partial charge in [0, 0.05) is 6.07 Å². The molecule has 1 heterocycles. The van der Waals surface area contributed by atoms with Crippen LogP contribution in [-0.4, -0.2) is 9.91 Å². The van der Waals surface area contributed by atoms with Gasteiger partial charge in [-0.05, 0) is 9.91 Å². The first-order chi connectivity index (χ1) is 7.53. The molecule has 0 amide bonds. The second-order valence-corrected chi connectivity index (χ2v) is 2.84. The minimum Gasteiger partial charge on any atom is -0.358 e. The van der Waals surface area contributed by atoms with Crippen molar-refractivity contribution in [2.24, 2.45) is 0 Å². The molecule has 0 bridgehead atoms. The van der Waals surface area contributed by atoms with Crippen LogP contribution in [-0.2, 0) is 12.4 Å². The van der Waals surface area contributed by atoms with E-state index in [0.717, 1.165) is 0 Å². The van der Waals surface area contributed by atoms with Gasteiger partial charge < -0.3 is 10.1 Å². The van der Waals surface area contributed by atoms with Gasteiger partial charge in [-0.15, -0.1) is 0 Å². The molecule has 0 fully saturated rings. The first kappa shape index (κ1) is 13.2. The van der Waals surface area contributed by atoms with E-state index in [0.29, 0.717) is 0 Å². The predicted molar refractivity (Wildman–Crippen MR) is 40.9 cm³/mol. The minimum atomic E-state index is -5.35. The molecule has 0 saturated carbocycles. The van der Waals surface area contributed by atoms with Crippen molar-refractivity contribution >= 4 is 5.82 Å². The smallest absolute Gasteiger partial charge is 0.358 e. The number of nitrogens with zero attached hydrogens (tertiary/aromatic N) is 2. The van der Waals surface area contributed by atoms with E-state index in [1.165, 1.54) is 0 Å². The fraction of sp³-hybridized carbons (Fsp3) is 0.286. The summed E-state index contributed by atoms with van der Waals surface area (Å²) in [6.07, 6.45) is -10.8. The minimum absolute atomic E-state index is 0.207. The number of halogens is 6. The van der Waals surface area contributed by atoms with E-state index in [9.17, 15) is 36.5 Å². The van der Waals surface area contributed by atoms with Gasteiger partial charge >= 0.3 is 18.2 Å². The molecule has 17 heavy (non-hydrogen) atoms. The molecule has 0 N–H and O–H groups in total. The van der Waals surface area contributed by atoms with Crippen LogP contribution < -0.4 is 0 Å². The lowest BCUT2D eigenvalue weighted by molar-refractivity contribution is -0.389. The normalized spacial score (nSPS) is 12.6. The van der Waals surface area contributed by atoms with Gasteiger partial charge in [-0.2, -0.15) is 26.3 Å². The summed E-state index contributed by atoms with van der Waals surface area (Å²) < 4.78 is 73.4. The summed E-state index contributed by atoms with van der Waals surface area (Å²) in [5, 5.41) is 10.1. The van der Waals surface area contributed by atoms with Gasteiger partial charge in [-0.1, -0.05) is 0 Å². The van der Waals surface area contributed by atoms with Crippen LogP contribution in [0.25, 0.3) is 0 Å². The van der Waals surface area contributed by atoms with Crippen molar-refractivity contribution in [3.63, 3.8) is 0 Å². The molecule has 1 aromatic heterocycles. The molecule has 0 spiro atoms. The average Bonchev–Trinajstić information content (AvgIpc) is 2.14. The maximum absolute atomic E-state index is 12.3. The van der Waals surface area contributed by atoms with Gasteiger partial charge in [0.2, 0.25) is 0 Å². The first-order valence-corrected chi connectivity index (χ1v) is 3.82. The van der Waals surface area contributed by atoms with E-state index in [4.69, 9.17) is 0 Å². The van der Waals surface area contributed by atoms with Gasteiger partial charge in [0.1, 0.15) is 5.56 Å². The Kier molecular flexibility index (Phi) is 2.99. The maximum Gasteiger partial charge on any atom is 0.420 e. The standard InChI is InChI=1S/C7H2F6N2O2/c8-6(9,10)3-1-5(15(16)17)14-2-4(3)7(11,12)13/h1-2H. The number of nitro groups is 1. The second-order valence-electron chi connectivity index (χ2n) is 2.84. The Balaban J connectivity index is 3.49. The highest BCUT2D eigenvalue weighted by Crippen LogP contribution is 2.40. The zero-order valence-corrected chi connectivity index (χ0v) is 7.63. The van der Waals surface area contributed by atoms with Crippen molar-refractivity contribution in [2.45, 2.75) is 12.4 Å². The Morgan fingerprint density at radius 3 is 1.88 bits per heavy atom. The van der Waals surface area contributed by atoms with Crippen molar-refractivity contribution < 1.29 is 31.3 Å². The third-order valence-corrected chi connectivity index (χ3v) is 1.69. The summed E-state index contributed by atoms with van der Waals surface area (Å²) >= 11 is 0. The molecular weight excluding hydrogens is 258 g/mol. The van der Waals surface area contributed by atoms with Crippen molar-refractivity contribution in [3.8, 4) is 0 Å². The third kappa shape index (κ3) is 2.82. The number of alkyl halides is 6. The average molecular weight is 260 g/mol. The number of pyridine rings is 1. The highest BCUT2D eigenvalue weighted by molar-refractivity contribution is 5.36. The summed E-state index contributed by atoms with van der Waals surface area (Å²) in [5.41, 5.74) is -4.19. The van der Waals surface area contributed by atoms with Gasteiger partial charge in [0.05, 0.1) is 5.56 Å². The van der Waals surface area contributed by atoms with Crippen LogP contribution in [0.2, 0.25) is 0 Å². The fourth-order valence-electron chi connectivity index (χ4n) is 1.00. The van der Waals surface area contributed by atoms with Crippen LogP contribution in [0.15, 0.2) is 12.3 Å². The van der Waals surface area contributed by atoms with Gasteiger partial charge in [0.15, 0.2) is 6.20 Å². The van der Waals surface area contributed by atoms with Crippen molar-refractivity contribution in [2.75, 3.05) is 0 Å². The quantitative estimate of drug-likeness (QED) is 0.443. The van der Waals surface area contributed by atoms with Crippen molar-refractivity contribution in [1.82, 2.24) is 4.98 Å². The maximum atomic E-state index is 12.3. The zero-order chi connectivity index (χ0) is 13.4. The molecule has 0 aliphatic rings. The summed E-state index contributed by atoms with van der Waals surface area (Å²) in [5.74, 6) is -1.30. The van der Waals surface area contributed by atoms with E-state index in [2.05, 4.69) is 4.98 Å². The van der Waals surface area contributed by atoms with Crippen molar-refractivity contribution in [1.29, 1.82) is 0 Å². The van der Waals surface area contributed by atoms with Crippen LogP contribution in [0.5, 0.6) is 0 Å². The largest absolute Gasteiger partial charge is 0.420 e. The van der Waals surface area contributed by atoms with Crippen LogP contribution in [0.3, 0.4) is 0 Å². The van der Waals surface area contributed by atoms with E-state index < -0.39 is 34.2 Å². The highest BCUT2D eigenvalue weighted by atomic mass is 19.4. The fourth-order valence-corrected chi connectivity index (χ4v) is 1.00. The lowest BCUT2D eigenvalue weighted by Gasteiger charge is -2.12. The van der Waals surface area contributed by atoms with E-state index in [-0.39, 0.29) is 12.3 Å². The Labute approximate surface area is 89.0 Å². The monoisotopic (exact) mass is 260 g/mol. The molecular formula is C7H2F6N2O2.